The van der Waals surface area contributed by atoms with Crippen molar-refractivity contribution in [1.82, 2.24) is 10.2 Å². The summed E-state index contributed by atoms with van der Waals surface area (Å²) >= 11 is 0. The van der Waals surface area contributed by atoms with E-state index >= 15 is 0 Å². The number of hydrogen-bond acceptors (Lipinski definition) is 3. The Bertz CT molecular complexity index is 841. The third-order valence-corrected chi connectivity index (χ3v) is 7.28. The van der Waals surface area contributed by atoms with Gasteiger partial charge in [0.2, 0.25) is 5.91 Å². The van der Waals surface area contributed by atoms with Crippen LogP contribution in [0.2, 0.25) is 0 Å². The first kappa shape index (κ1) is 22.6. The molecule has 0 radical (unpaired) electrons. The van der Waals surface area contributed by atoms with Crippen LogP contribution in [-0.4, -0.2) is 42.5 Å². The summed E-state index contributed by atoms with van der Waals surface area (Å²) in [6, 6.07) is 7.47. The van der Waals surface area contributed by atoms with Gasteiger partial charge in [-0.05, 0) is 68.1 Å². The van der Waals surface area contributed by atoms with Crippen LogP contribution in [-0.2, 0) is 4.79 Å². The van der Waals surface area contributed by atoms with Crippen molar-refractivity contribution in [3.63, 3.8) is 0 Å². The first-order valence-corrected chi connectivity index (χ1v) is 12.2. The van der Waals surface area contributed by atoms with Gasteiger partial charge < -0.3 is 15.0 Å². The number of benzene rings is 1. The van der Waals surface area contributed by atoms with E-state index in [0.29, 0.717) is 12.0 Å². The Morgan fingerprint density at radius 1 is 1.22 bits per heavy atom. The number of likely N-dealkylation sites (tertiary alicyclic amines) is 1. The molecule has 2 bridgehead atoms. The SMILES string of the molecule is C=CCCC(=O)N1CCC(Oc2cccc(C(=O)NCCC3CC4C=CCC3C4)c2)CC1. The summed E-state index contributed by atoms with van der Waals surface area (Å²) in [6.07, 6.45) is 14.3. The summed E-state index contributed by atoms with van der Waals surface area (Å²) in [5.41, 5.74) is 0.645. The molecule has 172 valence electrons. The maximum Gasteiger partial charge on any atom is 0.251 e. The first-order valence-electron chi connectivity index (χ1n) is 12.2. The lowest BCUT2D eigenvalue weighted by atomic mass is 9.89. The molecule has 2 amide bonds. The van der Waals surface area contributed by atoms with Crippen LogP contribution in [0.15, 0.2) is 49.1 Å². The summed E-state index contributed by atoms with van der Waals surface area (Å²) in [5.74, 6) is 3.20. The molecule has 3 atom stereocenters. The Balaban J connectivity index is 1.21. The molecule has 1 N–H and O–H groups in total. The molecular weight excluding hydrogens is 400 g/mol. The molecule has 1 aromatic rings. The van der Waals surface area contributed by atoms with E-state index in [0.717, 1.165) is 68.8 Å². The van der Waals surface area contributed by atoms with Gasteiger partial charge in [-0.1, -0.05) is 24.3 Å². The Morgan fingerprint density at radius 3 is 2.84 bits per heavy atom. The van der Waals surface area contributed by atoms with E-state index in [-0.39, 0.29) is 17.9 Å². The fraction of sp³-hybridized carbons (Fsp3) is 0.556. The van der Waals surface area contributed by atoms with Gasteiger partial charge in [-0.3, -0.25) is 9.59 Å². The van der Waals surface area contributed by atoms with Crippen LogP contribution in [0.5, 0.6) is 5.75 Å². The predicted molar refractivity (Wildman–Crippen MR) is 127 cm³/mol. The minimum absolute atomic E-state index is 0.0304. The second kappa shape index (κ2) is 10.8. The van der Waals surface area contributed by atoms with Gasteiger partial charge >= 0.3 is 0 Å². The van der Waals surface area contributed by atoms with Crippen molar-refractivity contribution in [2.75, 3.05) is 19.6 Å². The summed E-state index contributed by atoms with van der Waals surface area (Å²) in [6.45, 7) is 5.86. The summed E-state index contributed by atoms with van der Waals surface area (Å²) in [4.78, 5) is 26.7. The second-order valence-corrected chi connectivity index (χ2v) is 9.51. The third kappa shape index (κ3) is 5.81. The van der Waals surface area contributed by atoms with Crippen LogP contribution in [0.1, 0.15) is 61.7 Å². The molecule has 5 nitrogen and oxygen atoms in total. The van der Waals surface area contributed by atoms with Gasteiger partial charge in [0.05, 0.1) is 0 Å². The quantitative estimate of drug-likeness (QED) is 0.569. The number of ether oxygens (including phenoxy) is 1. The zero-order valence-corrected chi connectivity index (χ0v) is 19.0. The average molecular weight is 437 g/mol. The van der Waals surface area contributed by atoms with E-state index in [1.165, 1.54) is 19.3 Å². The second-order valence-electron chi connectivity index (χ2n) is 9.51. The van der Waals surface area contributed by atoms with Crippen molar-refractivity contribution in [2.45, 2.75) is 57.5 Å². The maximum atomic E-state index is 12.7. The number of nitrogens with zero attached hydrogens (tertiary/aromatic N) is 1. The standard InChI is InChI=1S/C27H36N2O3/c1-2-3-10-26(30)29-15-12-24(13-16-29)32-25-9-5-8-23(19-25)27(31)28-14-11-22-18-20-6-4-7-21(22)17-20/h2,4-6,8-9,19-22,24H,1,3,7,10-18H2,(H,28,31). The molecule has 0 spiro atoms. The minimum atomic E-state index is -0.0304. The highest BCUT2D eigenvalue weighted by atomic mass is 16.5. The molecule has 1 saturated carbocycles. The molecule has 3 unspecified atom stereocenters. The molecule has 1 aliphatic heterocycles. The maximum absolute atomic E-state index is 12.7. The number of hydrogen-bond donors (Lipinski definition) is 1. The average Bonchev–Trinajstić information content (AvgIpc) is 3.10. The van der Waals surface area contributed by atoms with E-state index in [1.54, 1.807) is 6.08 Å². The van der Waals surface area contributed by atoms with Gasteiger partial charge in [0, 0.05) is 44.5 Å². The molecular formula is C27H36N2O3. The van der Waals surface area contributed by atoms with Crippen molar-refractivity contribution in [2.24, 2.45) is 17.8 Å². The van der Waals surface area contributed by atoms with E-state index in [2.05, 4.69) is 24.0 Å². The number of piperidine rings is 1. The highest BCUT2D eigenvalue weighted by Crippen LogP contribution is 2.43. The number of amides is 2. The Hall–Kier alpha value is -2.56. The lowest BCUT2D eigenvalue weighted by molar-refractivity contribution is -0.132. The highest BCUT2D eigenvalue weighted by Gasteiger charge is 2.34. The molecule has 3 aliphatic rings. The number of fused-ring (bicyclic) bond motifs is 2. The van der Waals surface area contributed by atoms with E-state index < -0.39 is 0 Å². The Morgan fingerprint density at radius 2 is 2.06 bits per heavy atom. The van der Waals surface area contributed by atoms with Gasteiger partial charge in [0.25, 0.3) is 5.91 Å². The predicted octanol–water partition coefficient (Wildman–Crippen LogP) is 4.74. The van der Waals surface area contributed by atoms with E-state index in [9.17, 15) is 9.59 Å². The molecule has 0 aromatic heterocycles. The van der Waals surface area contributed by atoms with Gasteiger partial charge in [-0.15, -0.1) is 6.58 Å². The fourth-order valence-electron chi connectivity index (χ4n) is 5.49. The zero-order valence-electron chi connectivity index (χ0n) is 19.0. The number of carbonyl (C=O) groups excluding carboxylic acids is 2. The number of nitrogens with one attached hydrogen (secondary N) is 1. The van der Waals surface area contributed by atoms with Gasteiger partial charge in [0.15, 0.2) is 0 Å². The summed E-state index contributed by atoms with van der Waals surface area (Å²) in [5, 5.41) is 3.11. The third-order valence-electron chi connectivity index (χ3n) is 7.28. The first-order chi connectivity index (χ1) is 15.6. The van der Waals surface area contributed by atoms with Gasteiger partial charge in [-0.2, -0.15) is 0 Å². The van der Waals surface area contributed by atoms with E-state index in [4.69, 9.17) is 4.74 Å². The smallest absolute Gasteiger partial charge is 0.251 e. The van der Waals surface area contributed by atoms with Crippen molar-refractivity contribution >= 4 is 11.8 Å². The summed E-state index contributed by atoms with van der Waals surface area (Å²) in [7, 11) is 0. The molecule has 1 saturated heterocycles. The fourth-order valence-corrected chi connectivity index (χ4v) is 5.49. The Labute approximate surface area is 191 Å². The van der Waals surface area contributed by atoms with Crippen LogP contribution < -0.4 is 10.1 Å². The minimum Gasteiger partial charge on any atom is -0.490 e. The zero-order chi connectivity index (χ0) is 22.3. The molecule has 4 rings (SSSR count). The number of carbonyl (C=O) groups is 2. The van der Waals surface area contributed by atoms with Crippen LogP contribution in [0.4, 0.5) is 0 Å². The largest absolute Gasteiger partial charge is 0.490 e. The van der Waals surface area contributed by atoms with Crippen molar-refractivity contribution in [3.8, 4) is 5.75 Å². The number of allylic oxidation sites excluding steroid dienone is 3. The van der Waals surface area contributed by atoms with Crippen LogP contribution in [0.25, 0.3) is 0 Å². The van der Waals surface area contributed by atoms with Gasteiger partial charge in [-0.25, -0.2) is 0 Å². The Kier molecular flexibility index (Phi) is 7.67. The van der Waals surface area contributed by atoms with Crippen molar-refractivity contribution < 1.29 is 14.3 Å². The lowest BCUT2D eigenvalue weighted by Crippen LogP contribution is -2.41. The molecule has 1 aromatic carbocycles. The van der Waals surface area contributed by atoms with Crippen LogP contribution in [0, 0.1) is 17.8 Å². The van der Waals surface area contributed by atoms with Gasteiger partial charge in [0.1, 0.15) is 11.9 Å². The lowest BCUT2D eigenvalue weighted by Gasteiger charge is -2.32. The number of rotatable bonds is 9. The van der Waals surface area contributed by atoms with E-state index in [1.807, 2.05) is 29.2 Å². The summed E-state index contributed by atoms with van der Waals surface area (Å²) < 4.78 is 6.15. The monoisotopic (exact) mass is 436 g/mol. The van der Waals surface area contributed by atoms with Crippen LogP contribution in [0.3, 0.4) is 0 Å². The van der Waals surface area contributed by atoms with Crippen LogP contribution >= 0.6 is 0 Å². The molecule has 1 heterocycles. The normalized spacial score (nSPS) is 24.9. The molecule has 32 heavy (non-hydrogen) atoms. The molecule has 5 heteroatoms. The topological polar surface area (TPSA) is 58.6 Å². The molecule has 2 aliphatic carbocycles. The molecule has 2 fully saturated rings. The van der Waals surface area contributed by atoms with Crippen molar-refractivity contribution in [3.05, 3.63) is 54.6 Å². The van der Waals surface area contributed by atoms with Crippen molar-refractivity contribution in [1.29, 1.82) is 0 Å². The highest BCUT2D eigenvalue weighted by molar-refractivity contribution is 5.94.